The van der Waals surface area contributed by atoms with Gasteiger partial charge >= 0.3 is 0 Å². The Balaban J connectivity index is 3.06. The zero-order chi connectivity index (χ0) is 16.0. The molecule has 1 aromatic heterocycles. The quantitative estimate of drug-likeness (QED) is 0.512. The molecule has 0 radical (unpaired) electrons. The van der Waals surface area contributed by atoms with Crippen LogP contribution in [0.1, 0.15) is 39.1 Å². The van der Waals surface area contributed by atoms with E-state index in [4.69, 9.17) is 5.84 Å². The van der Waals surface area contributed by atoms with E-state index < -0.39 is 0 Å². The summed E-state index contributed by atoms with van der Waals surface area (Å²) in [5.74, 6) is 7.53. The molecule has 0 fully saturated rings. The van der Waals surface area contributed by atoms with Crippen molar-refractivity contribution in [1.29, 1.82) is 0 Å². The molecule has 1 aromatic rings. The van der Waals surface area contributed by atoms with Crippen LogP contribution in [-0.4, -0.2) is 35.0 Å². The van der Waals surface area contributed by atoms with E-state index in [1.54, 1.807) is 0 Å². The number of hydrogen-bond acceptors (Lipinski definition) is 6. The van der Waals surface area contributed by atoms with Crippen LogP contribution in [0, 0.1) is 6.92 Å². The molecule has 0 spiro atoms. The first-order chi connectivity index (χ1) is 9.92. The van der Waals surface area contributed by atoms with Gasteiger partial charge in [0, 0.05) is 24.6 Å². The van der Waals surface area contributed by atoms with Gasteiger partial charge in [0.15, 0.2) is 0 Å². The lowest BCUT2D eigenvalue weighted by Crippen LogP contribution is -2.40. The summed E-state index contributed by atoms with van der Waals surface area (Å²) in [6.07, 6.45) is 0.706. The summed E-state index contributed by atoms with van der Waals surface area (Å²) >= 11 is 0. The predicted molar refractivity (Wildman–Crippen MR) is 85.1 cm³/mol. The van der Waals surface area contributed by atoms with E-state index in [0.717, 1.165) is 11.4 Å². The average Bonchev–Trinajstić information content (AvgIpc) is 2.44. The van der Waals surface area contributed by atoms with E-state index in [0.29, 0.717) is 24.6 Å². The van der Waals surface area contributed by atoms with Crippen molar-refractivity contribution in [3.63, 3.8) is 0 Å². The SMILES string of the molecule is CCc1nc(NN)c(C)c(N(CC)CC(=O)NC(C)C)n1. The predicted octanol–water partition coefficient (Wildman–Crippen LogP) is 0.984. The second kappa shape index (κ2) is 7.78. The Morgan fingerprint density at radius 2 is 2.00 bits per heavy atom. The molecule has 1 amide bonds. The number of hydrazine groups is 1. The lowest BCUT2D eigenvalue weighted by atomic mass is 10.2. The first-order valence-electron chi connectivity index (χ1n) is 7.31. The molecule has 21 heavy (non-hydrogen) atoms. The first kappa shape index (κ1) is 17.2. The van der Waals surface area contributed by atoms with Crippen molar-refractivity contribution in [2.24, 2.45) is 5.84 Å². The Labute approximate surface area is 126 Å². The van der Waals surface area contributed by atoms with E-state index in [1.165, 1.54) is 0 Å². The highest BCUT2D eigenvalue weighted by Crippen LogP contribution is 2.23. The number of aryl methyl sites for hydroxylation is 1. The second-order valence-corrected chi connectivity index (χ2v) is 5.17. The number of nitrogens with two attached hydrogens (primary N) is 1. The molecule has 1 heterocycles. The third-order valence-electron chi connectivity index (χ3n) is 3.08. The Bertz CT molecular complexity index is 489. The molecular formula is C14H26N6O. The molecule has 4 N–H and O–H groups in total. The highest BCUT2D eigenvalue weighted by atomic mass is 16.2. The van der Waals surface area contributed by atoms with Crippen LogP contribution in [0.3, 0.4) is 0 Å². The molecule has 0 unspecified atom stereocenters. The molecule has 0 bridgehead atoms. The molecule has 1 rings (SSSR count). The highest BCUT2D eigenvalue weighted by Gasteiger charge is 2.17. The van der Waals surface area contributed by atoms with E-state index >= 15 is 0 Å². The number of aromatic nitrogens is 2. The van der Waals surface area contributed by atoms with E-state index in [9.17, 15) is 4.79 Å². The maximum absolute atomic E-state index is 12.0. The lowest BCUT2D eigenvalue weighted by Gasteiger charge is -2.25. The summed E-state index contributed by atoms with van der Waals surface area (Å²) in [6.45, 7) is 10.7. The van der Waals surface area contributed by atoms with Gasteiger partial charge in [0.1, 0.15) is 17.5 Å². The van der Waals surface area contributed by atoms with Gasteiger partial charge in [-0.2, -0.15) is 0 Å². The van der Waals surface area contributed by atoms with Crippen LogP contribution >= 0.6 is 0 Å². The van der Waals surface area contributed by atoms with Crippen LogP contribution in [0.2, 0.25) is 0 Å². The molecule has 7 nitrogen and oxygen atoms in total. The molecule has 0 aromatic carbocycles. The Morgan fingerprint density at radius 1 is 1.33 bits per heavy atom. The average molecular weight is 294 g/mol. The minimum atomic E-state index is -0.0230. The highest BCUT2D eigenvalue weighted by molar-refractivity contribution is 5.81. The van der Waals surface area contributed by atoms with Crippen LogP contribution < -0.4 is 21.5 Å². The van der Waals surface area contributed by atoms with Crippen molar-refractivity contribution in [2.45, 2.75) is 47.1 Å². The summed E-state index contributed by atoms with van der Waals surface area (Å²) in [6, 6.07) is 0.121. The normalized spacial score (nSPS) is 10.6. The number of anilines is 2. The number of carbonyl (C=O) groups excluding carboxylic acids is 1. The van der Waals surface area contributed by atoms with E-state index in [-0.39, 0.29) is 18.5 Å². The van der Waals surface area contributed by atoms with Gasteiger partial charge in [-0.1, -0.05) is 6.92 Å². The maximum Gasteiger partial charge on any atom is 0.239 e. The molecule has 7 heteroatoms. The van der Waals surface area contributed by atoms with Gasteiger partial charge in [-0.15, -0.1) is 0 Å². The Hall–Kier alpha value is -1.89. The zero-order valence-corrected chi connectivity index (χ0v) is 13.5. The third-order valence-corrected chi connectivity index (χ3v) is 3.08. The molecule has 0 aliphatic heterocycles. The van der Waals surface area contributed by atoms with Crippen molar-refractivity contribution in [3.8, 4) is 0 Å². The largest absolute Gasteiger partial charge is 0.352 e. The molecule has 0 aliphatic rings. The smallest absolute Gasteiger partial charge is 0.239 e. The molecule has 0 saturated carbocycles. The maximum atomic E-state index is 12.0. The first-order valence-corrected chi connectivity index (χ1v) is 7.31. The van der Waals surface area contributed by atoms with Crippen LogP contribution in [0.5, 0.6) is 0 Å². The van der Waals surface area contributed by atoms with E-state index in [2.05, 4.69) is 20.7 Å². The third kappa shape index (κ3) is 4.56. The van der Waals surface area contributed by atoms with Gasteiger partial charge in [-0.05, 0) is 27.7 Å². The molecule has 0 saturated heterocycles. The Morgan fingerprint density at radius 3 is 2.48 bits per heavy atom. The van der Waals surface area contributed by atoms with Crippen LogP contribution in [-0.2, 0) is 11.2 Å². The summed E-state index contributed by atoms with van der Waals surface area (Å²) < 4.78 is 0. The molecule has 0 atom stereocenters. The van der Waals surface area contributed by atoms with Gasteiger partial charge in [0.2, 0.25) is 5.91 Å². The minimum absolute atomic E-state index is 0.0230. The number of likely N-dealkylation sites (N-methyl/N-ethyl adjacent to an activating group) is 1. The van der Waals surface area contributed by atoms with Gasteiger partial charge in [0.25, 0.3) is 0 Å². The number of amides is 1. The minimum Gasteiger partial charge on any atom is -0.352 e. The zero-order valence-electron chi connectivity index (χ0n) is 13.5. The van der Waals surface area contributed by atoms with Gasteiger partial charge in [-0.3, -0.25) is 4.79 Å². The van der Waals surface area contributed by atoms with Gasteiger partial charge in [-0.25, -0.2) is 15.8 Å². The standard InChI is InChI=1S/C14H26N6O/c1-6-11-17-13(19-15)10(5)14(18-11)20(7-2)8-12(21)16-9(3)4/h9H,6-8,15H2,1-5H3,(H,16,21)(H,17,18,19). The van der Waals surface area contributed by atoms with Crippen LogP contribution in [0.15, 0.2) is 0 Å². The van der Waals surface area contributed by atoms with Gasteiger partial charge in [0.05, 0.1) is 6.54 Å². The number of rotatable bonds is 7. The summed E-state index contributed by atoms with van der Waals surface area (Å²) in [4.78, 5) is 22.8. The number of nitrogens with zero attached hydrogens (tertiary/aromatic N) is 3. The number of carbonyl (C=O) groups is 1. The number of nitrogens with one attached hydrogen (secondary N) is 2. The van der Waals surface area contributed by atoms with E-state index in [1.807, 2.05) is 39.5 Å². The van der Waals surface area contributed by atoms with Crippen molar-refractivity contribution in [2.75, 3.05) is 23.4 Å². The summed E-state index contributed by atoms with van der Waals surface area (Å²) in [7, 11) is 0. The second-order valence-electron chi connectivity index (χ2n) is 5.17. The summed E-state index contributed by atoms with van der Waals surface area (Å²) in [5.41, 5.74) is 3.44. The van der Waals surface area contributed by atoms with Gasteiger partial charge < -0.3 is 15.6 Å². The topological polar surface area (TPSA) is 96.2 Å². The fraction of sp³-hybridized carbons (Fsp3) is 0.643. The fourth-order valence-corrected chi connectivity index (χ4v) is 2.03. The molecule has 0 aliphatic carbocycles. The lowest BCUT2D eigenvalue weighted by molar-refractivity contribution is -0.120. The van der Waals surface area contributed by atoms with Crippen molar-refractivity contribution in [3.05, 3.63) is 11.4 Å². The number of nitrogen functional groups attached to an aromatic ring is 1. The fourth-order valence-electron chi connectivity index (χ4n) is 2.03. The molecule has 118 valence electrons. The van der Waals surface area contributed by atoms with Crippen molar-refractivity contribution in [1.82, 2.24) is 15.3 Å². The molecular weight excluding hydrogens is 268 g/mol. The Kier molecular flexibility index (Phi) is 6.36. The number of hydrogen-bond donors (Lipinski definition) is 3. The monoisotopic (exact) mass is 294 g/mol. The van der Waals surface area contributed by atoms with Crippen LogP contribution in [0.25, 0.3) is 0 Å². The van der Waals surface area contributed by atoms with Crippen molar-refractivity contribution >= 4 is 17.5 Å². The van der Waals surface area contributed by atoms with Crippen LogP contribution in [0.4, 0.5) is 11.6 Å². The van der Waals surface area contributed by atoms with Crippen molar-refractivity contribution < 1.29 is 4.79 Å². The summed E-state index contributed by atoms with van der Waals surface area (Å²) in [5, 5.41) is 2.89.